The molecule has 0 fully saturated rings. The molecule has 5 aromatic rings. The van der Waals surface area contributed by atoms with Gasteiger partial charge in [-0.25, -0.2) is 0 Å². The molecule has 186 valence electrons. The van der Waals surface area contributed by atoms with Crippen LogP contribution in [-0.4, -0.2) is 33.5 Å². The maximum atomic E-state index is 12.7. The predicted molar refractivity (Wildman–Crippen MR) is 142 cm³/mol. The highest BCUT2D eigenvalue weighted by Crippen LogP contribution is 2.28. The number of carbonyl (C=O) groups is 1. The molecule has 0 bridgehead atoms. The van der Waals surface area contributed by atoms with E-state index >= 15 is 0 Å². The summed E-state index contributed by atoms with van der Waals surface area (Å²) in [4.78, 5) is 12.7. The average molecular weight is 513 g/mol. The number of ether oxygens (including phenoxy) is 2. The molecule has 0 aliphatic heterocycles. The van der Waals surface area contributed by atoms with Crippen LogP contribution in [0.3, 0.4) is 0 Å². The molecule has 0 spiro atoms. The van der Waals surface area contributed by atoms with E-state index < -0.39 is 0 Å². The highest BCUT2D eigenvalue weighted by Gasteiger charge is 2.17. The lowest BCUT2D eigenvalue weighted by Gasteiger charge is -2.10. The zero-order valence-corrected chi connectivity index (χ0v) is 20.9. The topological polar surface area (TPSA) is 91.4 Å². The minimum atomic E-state index is -0.155. The van der Waals surface area contributed by atoms with E-state index in [0.29, 0.717) is 29.0 Å². The largest absolute Gasteiger partial charge is 0.497 e. The van der Waals surface area contributed by atoms with Crippen molar-refractivity contribution in [2.24, 2.45) is 0 Å². The molecular formula is C28H24N4O4S. The third kappa shape index (κ3) is 6.20. The van der Waals surface area contributed by atoms with Gasteiger partial charge in [-0.15, -0.1) is 10.2 Å². The number of nitrogens with zero attached hydrogens (tertiary/aromatic N) is 3. The molecular weight excluding hydrogens is 488 g/mol. The van der Waals surface area contributed by atoms with Gasteiger partial charge in [0.05, 0.1) is 25.7 Å². The number of hydrogen-bond acceptors (Lipinski definition) is 7. The number of furan rings is 1. The molecule has 0 unspecified atom stereocenters. The summed E-state index contributed by atoms with van der Waals surface area (Å²) in [5.41, 5.74) is 1.53. The van der Waals surface area contributed by atoms with Crippen LogP contribution in [0.1, 0.15) is 5.76 Å². The van der Waals surface area contributed by atoms with E-state index in [2.05, 4.69) is 15.5 Å². The molecule has 9 heteroatoms. The lowest BCUT2D eigenvalue weighted by Crippen LogP contribution is -2.14. The van der Waals surface area contributed by atoms with Crippen LogP contribution in [0.4, 0.5) is 5.69 Å². The van der Waals surface area contributed by atoms with Gasteiger partial charge in [-0.1, -0.05) is 42.1 Å². The number of methoxy groups -OCH3 is 1. The molecule has 2 heterocycles. The molecule has 1 amide bonds. The number of carbonyl (C=O) groups excluding carboxylic acids is 1. The first-order valence-corrected chi connectivity index (χ1v) is 12.5. The zero-order chi connectivity index (χ0) is 25.5. The molecule has 1 N–H and O–H groups in total. The second-order valence-electron chi connectivity index (χ2n) is 7.98. The van der Waals surface area contributed by atoms with Crippen LogP contribution < -0.4 is 14.8 Å². The highest BCUT2D eigenvalue weighted by molar-refractivity contribution is 7.99. The minimum Gasteiger partial charge on any atom is -0.497 e. The van der Waals surface area contributed by atoms with Gasteiger partial charge in [0.2, 0.25) is 5.91 Å². The number of hydrogen-bond donors (Lipinski definition) is 1. The Bertz CT molecular complexity index is 1450. The highest BCUT2D eigenvalue weighted by atomic mass is 32.2. The van der Waals surface area contributed by atoms with Crippen LogP contribution in [0.2, 0.25) is 0 Å². The van der Waals surface area contributed by atoms with E-state index in [1.165, 1.54) is 11.8 Å². The molecule has 5 rings (SSSR count). The Hall–Kier alpha value is -4.50. The third-order valence-corrected chi connectivity index (χ3v) is 6.35. The van der Waals surface area contributed by atoms with Crippen molar-refractivity contribution in [2.75, 3.05) is 18.2 Å². The van der Waals surface area contributed by atoms with Crippen molar-refractivity contribution in [1.82, 2.24) is 14.8 Å². The van der Waals surface area contributed by atoms with Crippen LogP contribution in [0, 0.1) is 0 Å². The summed E-state index contributed by atoms with van der Waals surface area (Å²) in [6.07, 6.45) is 1.63. The number of anilines is 1. The summed E-state index contributed by atoms with van der Waals surface area (Å²) in [6.45, 7) is 0.430. The summed E-state index contributed by atoms with van der Waals surface area (Å²) >= 11 is 1.31. The smallest absolute Gasteiger partial charge is 0.234 e. The summed E-state index contributed by atoms with van der Waals surface area (Å²) in [5.74, 6) is 3.59. The number of aromatic nitrogens is 3. The fourth-order valence-electron chi connectivity index (χ4n) is 3.63. The van der Waals surface area contributed by atoms with Crippen molar-refractivity contribution < 1.29 is 18.7 Å². The van der Waals surface area contributed by atoms with E-state index in [1.54, 1.807) is 25.5 Å². The average Bonchev–Trinajstić information content (AvgIpc) is 3.60. The Morgan fingerprint density at radius 2 is 1.70 bits per heavy atom. The van der Waals surface area contributed by atoms with Crippen LogP contribution in [0.5, 0.6) is 17.2 Å². The Morgan fingerprint density at radius 3 is 2.46 bits per heavy atom. The molecule has 0 aliphatic carbocycles. The van der Waals surface area contributed by atoms with Gasteiger partial charge in [-0.2, -0.15) is 0 Å². The predicted octanol–water partition coefficient (Wildman–Crippen LogP) is 6.12. The molecule has 0 radical (unpaired) electrons. The fourth-order valence-corrected chi connectivity index (χ4v) is 4.37. The van der Waals surface area contributed by atoms with Crippen molar-refractivity contribution in [1.29, 1.82) is 0 Å². The monoisotopic (exact) mass is 512 g/mol. The number of thioether (sulfide) groups is 1. The number of amides is 1. The Kier molecular flexibility index (Phi) is 7.52. The molecule has 2 aromatic heterocycles. The van der Waals surface area contributed by atoms with Crippen molar-refractivity contribution in [3.8, 4) is 28.6 Å². The van der Waals surface area contributed by atoms with E-state index in [9.17, 15) is 4.79 Å². The van der Waals surface area contributed by atoms with E-state index in [0.717, 1.165) is 22.8 Å². The van der Waals surface area contributed by atoms with Gasteiger partial charge in [0, 0.05) is 11.3 Å². The first kappa shape index (κ1) is 24.2. The summed E-state index contributed by atoms with van der Waals surface area (Å²) in [7, 11) is 1.62. The van der Waals surface area contributed by atoms with Gasteiger partial charge < -0.3 is 19.2 Å². The van der Waals surface area contributed by atoms with E-state index in [4.69, 9.17) is 13.9 Å². The number of rotatable bonds is 10. The lowest BCUT2D eigenvalue weighted by molar-refractivity contribution is -0.113. The number of benzene rings is 3. The van der Waals surface area contributed by atoms with Crippen molar-refractivity contribution >= 4 is 23.4 Å². The van der Waals surface area contributed by atoms with Gasteiger partial charge in [-0.3, -0.25) is 9.36 Å². The fraction of sp³-hybridized carbons (Fsp3) is 0.107. The van der Waals surface area contributed by atoms with Crippen molar-refractivity contribution in [3.63, 3.8) is 0 Å². The Morgan fingerprint density at radius 1 is 0.919 bits per heavy atom. The van der Waals surface area contributed by atoms with E-state index in [-0.39, 0.29) is 11.7 Å². The Balaban J connectivity index is 1.26. The van der Waals surface area contributed by atoms with E-state index in [1.807, 2.05) is 83.4 Å². The summed E-state index contributed by atoms with van der Waals surface area (Å²) < 4.78 is 18.6. The van der Waals surface area contributed by atoms with Gasteiger partial charge in [0.25, 0.3) is 0 Å². The van der Waals surface area contributed by atoms with Crippen LogP contribution in [0.15, 0.2) is 107 Å². The van der Waals surface area contributed by atoms with Crippen molar-refractivity contribution in [2.45, 2.75) is 11.7 Å². The normalized spacial score (nSPS) is 10.7. The molecule has 37 heavy (non-hydrogen) atoms. The zero-order valence-electron chi connectivity index (χ0n) is 20.0. The Labute approximate surface area is 218 Å². The molecule has 0 saturated carbocycles. The van der Waals surface area contributed by atoms with Gasteiger partial charge >= 0.3 is 0 Å². The van der Waals surface area contributed by atoms with Crippen molar-refractivity contribution in [3.05, 3.63) is 103 Å². The minimum absolute atomic E-state index is 0.155. The second kappa shape index (κ2) is 11.5. The summed E-state index contributed by atoms with van der Waals surface area (Å²) in [6, 6.07) is 28.1. The lowest BCUT2D eigenvalue weighted by atomic mass is 10.2. The third-order valence-electron chi connectivity index (χ3n) is 5.39. The van der Waals surface area contributed by atoms with Gasteiger partial charge in [-0.05, 0) is 60.7 Å². The number of para-hydroxylation sites is 1. The van der Waals surface area contributed by atoms with Gasteiger partial charge in [0.15, 0.2) is 11.0 Å². The van der Waals surface area contributed by atoms with Gasteiger partial charge in [0.1, 0.15) is 23.0 Å². The standard InChI is InChI=1S/C28H24N4O4S/c1-34-24-10-5-7-20(17-24)27-30-31-28(32(27)18-25-11-6-16-35-25)37-19-26(33)29-21-12-14-23(15-13-21)36-22-8-3-2-4-9-22/h2-17H,18-19H2,1H3,(H,29,33). The molecule has 3 aromatic carbocycles. The molecule has 8 nitrogen and oxygen atoms in total. The maximum absolute atomic E-state index is 12.7. The quantitative estimate of drug-likeness (QED) is 0.226. The SMILES string of the molecule is COc1cccc(-c2nnc(SCC(=O)Nc3ccc(Oc4ccccc4)cc3)n2Cc2ccco2)c1. The molecule has 0 saturated heterocycles. The first-order chi connectivity index (χ1) is 18.2. The van der Waals surface area contributed by atoms with Crippen LogP contribution in [0.25, 0.3) is 11.4 Å². The summed E-state index contributed by atoms with van der Waals surface area (Å²) in [5, 5.41) is 12.3. The first-order valence-electron chi connectivity index (χ1n) is 11.5. The van der Waals surface area contributed by atoms with Crippen LogP contribution >= 0.6 is 11.8 Å². The second-order valence-corrected chi connectivity index (χ2v) is 8.92. The van der Waals surface area contributed by atoms with Crippen LogP contribution in [-0.2, 0) is 11.3 Å². The number of nitrogens with one attached hydrogen (secondary N) is 1. The molecule has 0 aliphatic rings. The maximum Gasteiger partial charge on any atom is 0.234 e. The molecule has 0 atom stereocenters.